The van der Waals surface area contributed by atoms with Gasteiger partial charge in [0.25, 0.3) is 0 Å². The summed E-state index contributed by atoms with van der Waals surface area (Å²) in [5, 5.41) is 3.22. The van der Waals surface area contributed by atoms with Crippen LogP contribution in [0.4, 0.5) is 0 Å². The van der Waals surface area contributed by atoms with Crippen molar-refractivity contribution in [1.29, 1.82) is 0 Å². The third-order valence-corrected chi connectivity index (χ3v) is 3.83. The van der Waals surface area contributed by atoms with Gasteiger partial charge in [0.1, 0.15) is 5.75 Å². The van der Waals surface area contributed by atoms with Gasteiger partial charge < -0.3 is 15.0 Å². The average Bonchev–Trinajstić information content (AvgIpc) is 2.55. The molecule has 1 N–H and O–H groups in total. The zero-order valence-corrected chi connectivity index (χ0v) is 12.9. The van der Waals surface area contributed by atoms with E-state index >= 15 is 0 Å². The van der Waals surface area contributed by atoms with E-state index in [0.29, 0.717) is 6.54 Å². The third kappa shape index (κ3) is 3.48. The molecule has 0 aliphatic carbocycles. The number of amides is 1. The summed E-state index contributed by atoms with van der Waals surface area (Å²) in [6.07, 6.45) is 0.979. The van der Waals surface area contributed by atoms with Crippen LogP contribution in [0, 0.1) is 0 Å². The lowest BCUT2D eigenvalue weighted by Gasteiger charge is -2.23. The number of nitrogens with one attached hydrogen (secondary N) is 1. The molecule has 0 radical (unpaired) electrons. The molecule has 1 aliphatic heterocycles. The quantitative estimate of drug-likeness (QED) is 0.925. The number of benzene rings is 1. The van der Waals surface area contributed by atoms with Crippen molar-refractivity contribution < 1.29 is 9.53 Å². The van der Waals surface area contributed by atoms with Crippen LogP contribution in [0.3, 0.4) is 0 Å². The third-order valence-electron chi connectivity index (χ3n) is 3.34. The number of nitrogens with zero attached hydrogens (tertiary/aromatic N) is 1. The van der Waals surface area contributed by atoms with Crippen LogP contribution >= 0.6 is 15.9 Å². The minimum Gasteiger partial charge on any atom is -0.496 e. The second-order valence-electron chi connectivity index (χ2n) is 4.75. The predicted octanol–water partition coefficient (Wildman–Crippen LogP) is 2.17. The van der Waals surface area contributed by atoms with Crippen LogP contribution in [0.2, 0.25) is 0 Å². The van der Waals surface area contributed by atoms with Crippen molar-refractivity contribution in [2.75, 3.05) is 20.2 Å². The van der Waals surface area contributed by atoms with Gasteiger partial charge in [-0.05, 0) is 38.1 Å². The first-order valence-corrected chi connectivity index (χ1v) is 7.25. The van der Waals surface area contributed by atoms with Crippen molar-refractivity contribution in [2.45, 2.75) is 25.9 Å². The van der Waals surface area contributed by atoms with Crippen molar-refractivity contribution in [3.8, 4) is 5.75 Å². The van der Waals surface area contributed by atoms with Crippen molar-refractivity contribution >= 4 is 21.8 Å². The molecule has 19 heavy (non-hydrogen) atoms. The molecule has 0 saturated carbocycles. The molecule has 1 aromatic carbocycles. The van der Waals surface area contributed by atoms with E-state index in [4.69, 9.17) is 4.74 Å². The maximum Gasteiger partial charge on any atom is 0.239 e. The van der Waals surface area contributed by atoms with E-state index in [1.807, 2.05) is 30.0 Å². The first-order valence-electron chi connectivity index (χ1n) is 6.46. The summed E-state index contributed by atoms with van der Waals surface area (Å²) in [5.74, 6) is 0.973. The van der Waals surface area contributed by atoms with E-state index in [-0.39, 0.29) is 11.9 Å². The molecule has 1 amide bonds. The molecule has 4 nitrogen and oxygen atoms in total. The first kappa shape index (κ1) is 14.3. The van der Waals surface area contributed by atoms with Crippen LogP contribution in [-0.2, 0) is 11.3 Å². The molecule has 2 rings (SSSR count). The summed E-state index contributed by atoms with van der Waals surface area (Å²) in [6.45, 7) is 4.18. The smallest absolute Gasteiger partial charge is 0.239 e. The van der Waals surface area contributed by atoms with Crippen molar-refractivity contribution in [1.82, 2.24) is 10.2 Å². The fourth-order valence-electron chi connectivity index (χ4n) is 2.29. The molecule has 1 fully saturated rings. The maximum atomic E-state index is 12.2. The Bertz CT molecular complexity index is 465. The van der Waals surface area contributed by atoms with Crippen molar-refractivity contribution in [2.24, 2.45) is 0 Å². The maximum absolute atomic E-state index is 12.2. The van der Waals surface area contributed by atoms with E-state index in [2.05, 4.69) is 21.2 Å². The van der Waals surface area contributed by atoms with Gasteiger partial charge in [0, 0.05) is 23.1 Å². The Labute approximate surface area is 122 Å². The molecule has 0 bridgehead atoms. The van der Waals surface area contributed by atoms with E-state index in [9.17, 15) is 4.79 Å². The van der Waals surface area contributed by atoms with Gasteiger partial charge in [-0.15, -0.1) is 0 Å². The summed E-state index contributed by atoms with van der Waals surface area (Å²) >= 11 is 3.46. The molecule has 5 heteroatoms. The lowest BCUT2D eigenvalue weighted by Crippen LogP contribution is -2.41. The number of ether oxygens (including phenoxy) is 1. The minimum atomic E-state index is -0.111. The molecular weight excluding hydrogens is 308 g/mol. The summed E-state index contributed by atoms with van der Waals surface area (Å²) in [7, 11) is 1.65. The van der Waals surface area contributed by atoms with Gasteiger partial charge >= 0.3 is 0 Å². The Balaban J connectivity index is 2.19. The Kier molecular flexibility index (Phi) is 4.82. The largest absolute Gasteiger partial charge is 0.496 e. The Morgan fingerprint density at radius 3 is 3.05 bits per heavy atom. The number of rotatable bonds is 3. The normalized spacial score (nSPS) is 20.3. The first-order chi connectivity index (χ1) is 9.11. The number of methoxy groups -OCH3 is 1. The number of carbonyl (C=O) groups is 1. The molecule has 1 atom stereocenters. The molecular formula is C14H19BrN2O2. The van der Waals surface area contributed by atoms with Gasteiger partial charge in [-0.2, -0.15) is 0 Å². The molecule has 1 aromatic rings. The van der Waals surface area contributed by atoms with Crippen LogP contribution in [0.1, 0.15) is 18.9 Å². The monoisotopic (exact) mass is 326 g/mol. The van der Waals surface area contributed by atoms with Gasteiger partial charge in [0.2, 0.25) is 5.91 Å². The second-order valence-corrected chi connectivity index (χ2v) is 5.66. The van der Waals surface area contributed by atoms with Crippen molar-refractivity contribution in [3.05, 3.63) is 28.2 Å². The SMILES string of the molecule is COc1ccc(Br)cc1CN1CCCNC(C)C1=O. The molecule has 104 valence electrons. The molecule has 1 aliphatic rings. The van der Waals surface area contributed by atoms with Gasteiger partial charge in [-0.1, -0.05) is 15.9 Å². The summed E-state index contributed by atoms with van der Waals surface area (Å²) in [6, 6.07) is 5.76. The van der Waals surface area contributed by atoms with Crippen LogP contribution in [0.25, 0.3) is 0 Å². The van der Waals surface area contributed by atoms with Gasteiger partial charge in [0.15, 0.2) is 0 Å². The second kappa shape index (κ2) is 6.39. The highest BCUT2D eigenvalue weighted by Crippen LogP contribution is 2.24. The predicted molar refractivity (Wildman–Crippen MR) is 78.2 cm³/mol. The van der Waals surface area contributed by atoms with Crippen LogP contribution in [0.15, 0.2) is 22.7 Å². The fourth-order valence-corrected chi connectivity index (χ4v) is 2.70. The molecule has 1 heterocycles. The average molecular weight is 327 g/mol. The number of hydrogen-bond acceptors (Lipinski definition) is 3. The molecule has 0 aromatic heterocycles. The lowest BCUT2D eigenvalue weighted by molar-refractivity contribution is -0.132. The number of carbonyl (C=O) groups excluding carboxylic acids is 1. The highest BCUT2D eigenvalue weighted by molar-refractivity contribution is 9.10. The zero-order chi connectivity index (χ0) is 13.8. The minimum absolute atomic E-state index is 0.111. The fraction of sp³-hybridized carbons (Fsp3) is 0.500. The van der Waals surface area contributed by atoms with Crippen LogP contribution < -0.4 is 10.1 Å². The van der Waals surface area contributed by atoms with Gasteiger partial charge in [-0.25, -0.2) is 0 Å². The summed E-state index contributed by atoms with van der Waals surface area (Å²) in [5.41, 5.74) is 1.03. The molecule has 1 unspecified atom stereocenters. The van der Waals surface area contributed by atoms with Crippen molar-refractivity contribution in [3.63, 3.8) is 0 Å². The summed E-state index contributed by atoms with van der Waals surface area (Å²) in [4.78, 5) is 14.1. The Morgan fingerprint density at radius 2 is 2.32 bits per heavy atom. The highest BCUT2D eigenvalue weighted by Gasteiger charge is 2.23. The zero-order valence-electron chi connectivity index (χ0n) is 11.3. The van der Waals surface area contributed by atoms with Crippen LogP contribution in [-0.4, -0.2) is 37.0 Å². The topological polar surface area (TPSA) is 41.6 Å². The standard InChI is InChI=1S/C14H19BrN2O2/c1-10-14(18)17(7-3-6-16-10)9-11-8-12(15)4-5-13(11)19-2/h4-5,8,10,16H,3,6-7,9H2,1-2H3. The van der Waals surface area contributed by atoms with Crippen LogP contribution in [0.5, 0.6) is 5.75 Å². The van der Waals surface area contributed by atoms with E-state index in [0.717, 1.165) is 35.3 Å². The highest BCUT2D eigenvalue weighted by atomic mass is 79.9. The molecule has 0 spiro atoms. The van der Waals surface area contributed by atoms with Gasteiger partial charge in [0.05, 0.1) is 13.2 Å². The van der Waals surface area contributed by atoms with E-state index < -0.39 is 0 Å². The number of halogens is 1. The number of hydrogen-bond donors (Lipinski definition) is 1. The summed E-state index contributed by atoms with van der Waals surface area (Å²) < 4.78 is 6.36. The molecule has 1 saturated heterocycles. The van der Waals surface area contributed by atoms with E-state index in [1.165, 1.54) is 0 Å². The van der Waals surface area contributed by atoms with E-state index in [1.54, 1.807) is 7.11 Å². The Hall–Kier alpha value is -1.07. The Morgan fingerprint density at radius 1 is 1.53 bits per heavy atom. The lowest BCUT2D eigenvalue weighted by atomic mass is 10.1. The van der Waals surface area contributed by atoms with Gasteiger partial charge in [-0.3, -0.25) is 4.79 Å².